The van der Waals surface area contributed by atoms with E-state index >= 15 is 0 Å². The Hall–Kier alpha value is -0.0500. The zero-order chi connectivity index (χ0) is 10.6. The smallest absolute Gasteiger partial charge is 0.0247 e. The second kappa shape index (κ2) is 5.74. The number of piperidine rings is 1. The number of hydrogen-bond acceptors (Lipinski definition) is 2. The molecule has 1 fully saturated rings. The van der Waals surface area contributed by atoms with E-state index in [1.165, 1.54) is 18.4 Å². The highest BCUT2D eigenvalue weighted by Crippen LogP contribution is 2.23. The molecule has 0 aromatic rings. The van der Waals surface area contributed by atoms with Crippen molar-refractivity contribution >= 4 is 11.6 Å². The number of halogens is 1. The van der Waals surface area contributed by atoms with Crippen LogP contribution in [-0.2, 0) is 0 Å². The van der Waals surface area contributed by atoms with Gasteiger partial charge < -0.3 is 5.73 Å². The van der Waals surface area contributed by atoms with Crippen LogP contribution in [0.5, 0.6) is 0 Å². The monoisotopic (exact) mass is 216 g/mol. The SMILES string of the molecule is C/C(=C\Cl)CN1CCCC(C)C1CN. The maximum atomic E-state index is 5.81. The minimum absolute atomic E-state index is 0.537. The van der Waals surface area contributed by atoms with E-state index < -0.39 is 0 Å². The van der Waals surface area contributed by atoms with Gasteiger partial charge in [0.2, 0.25) is 0 Å². The highest BCUT2D eigenvalue weighted by atomic mass is 35.5. The van der Waals surface area contributed by atoms with E-state index in [-0.39, 0.29) is 0 Å². The fourth-order valence-electron chi connectivity index (χ4n) is 2.27. The number of rotatable bonds is 3. The number of nitrogens with zero attached hydrogens (tertiary/aromatic N) is 1. The van der Waals surface area contributed by atoms with Crippen molar-refractivity contribution in [1.82, 2.24) is 4.90 Å². The fourth-order valence-corrected chi connectivity index (χ4v) is 2.34. The van der Waals surface area contributed by atoms with Gasteiger partial charge in [0.1, 0.15) is 0 Å². The van der Waals surface area contributed by atoms with E-state index in [1.807, 2.05) is 0 Å². The van der Waals surface area contributed by atoms with E-state index in [1.54, 1.807) is 5.54 Å². The van der Waals surface area contributed by atoms with Gasteiger partial charge in [-0.25, -0.2) is 0 Å². The molecule has 0 amide bonds. The summed E-state index contributed by atoms with van der Waals surface area (Å²) in [6.45, 7) is 7.25. The lowest BCUT2D eigenvalue weighted by Crippen LogP contribution is -2.49. The van der Waals surface area contributed by atoms with Gasteiger partial charge in [-0.3, -0.25) is 4.90 Å². The topological polar surface area (TPSA) is 29.3 Å². The summed E-state index contributed by atoms with van der Waals surface area (Å²) in [5, 5.41) is 0. The van der Waals surface area contributed by atoms with Crippen molar-refractivity contribution in [2.75, 3.05) is 19.6 Å². The second-order valence-electron chi connectivity index (χ2n) is 4.35. The maximum absolute atomic E-state index is 5.81. The molecule has 2 atom stereocenters. The van der Waals surface area contributed by atoms with Gasteiger partial charge in [0.05, 0.1) is 0 Å². The molecule has 0 aliphatic carbocycles. The van der Waals surface area contributed by atoms with Crippen LogP contribution >= 0.6 is 11.6 Å². The molecule has 82 valence electrons. The normalized spacial score (nSPS) is 30.7. The van der Waals surface area contributed by atoms with Gasteiger partial charge in [-0.15, -0.1) is 0 Å². The van der Waals surface area contributed by atoms with Crippen LogP contribution in [0.3, 0.4) is 0 Å². The van der Waals surface area contributed by atoms with Crippen LogP contribution in [0.1, 0.15) is 26.7 Å². The molecule has 2 nitrogen and oxygen atoms in total. The third-order valence-electron chi connectivity index (χ3n) is 3.11. The molecule has 1 aliphatic rings. The molecule has 14 heavy (non-hydrogen) atoms. The Morgan fingerprint density at radius 2 is 2.36 bits per heavy atom. The lowest BCUT2D eigenvalue weighted by Gasteiger charge is -2.39. The van der Waals surface area contributed by atoms with E-state index in [9.17, 15) is 0 Å². The first kappa shape index (κ1) is 12.0. The molecule has 3 heteroatoms. The van der Waals surface area contributed by atoms with Crippen molar-refractivity contribution in [3.8, 4) is 0 Å². The average molecular weight is 217 g/mol. The third-order valence-corrected chi connectivity index (χ3v) is 3.48. The van der Waals surface area contributed by atoms with Crippen molar-refractivity contribution in [2.45, 2.75) is 32.7 Å². The van der Waals surface area contributed by atoms with Crippen molar-refractivity contribution in [3.05, 3.63) is 11.1 Å². The number of likely N-dealkylation sites (tertiary alicyclic amines) is 1. The van der Waals surface area contributed by atoms with Crippen LogP contribution in [-0.4, -0.2) is 30.6 Å². The molecule has 2 unspecified atom stereocenters. The van der Waals surface area contributed by atoms with Crippen LogP contribution in [0.2, 0.25) is 0 Å². The zero-order valence-corrected chi connectivity index (χ0v) is 9.93. The molecule has 1 saturated heterocycles. The molecule has 0 aromatic heterocycles. The quantitative estimate of drug-likeness (QED) is 0.784. The summed E-state index contributed by atoms with van der Waals surface area (Å²) in [7, 11) is 0. The fraction of sp³-hybridized carbons (Fsp3) is 0.818. The van der Waals surface area contributed by atoms with E-state index in [2.05, 4.69) is 18.7 Å². The summed E-state index contributed by atoms with van der Waals surface area (Å²) in [5.74, 6) is 0.719. The molecule has 1 heterocycles. The largest absolute Gasteiger partial charge is 0.329 e. The van der Waals surface area contributed by atoms with E-state index in [4.69, 9.17) is 17.3 Å². The van der Waals surface area contributed by atoms with E-state index in [0.29, 0.717) is 6.04 Å². The number of hydrogen-bond donors (Lipinski definition) is 1. The maximum Gasteiger partial charge on any atom is 0.0247 e. The summed E-state index contributed by atoms with van der Waals surface area (Å²) in [4.78, 5) is 2.46. The Bertz CT molecular complexity index is 203. The summed E-state index contributed by atoms with van der Waals surface area (Å²) >= 11 is 5.68. The summed E-state index contributed by atoms with van der Waals surface area (Å²) in [5.41, 5.74) is 8.70. The Labute approximate surface area is 92.1 Å². The van der Waals surface area contributed by atoms with Gasteiger partial charge in [0.25, 0.3) is 0 Å². The van der Waals surface area contributed by atoms with Crippen LogP contribution < -0.4 is 5.73 Å². The molecule has 1 aliphatic heterocycles. The predicted octanol–water partition coefficient (Wildman–Crippen LogP) is 2.19. The van der Waals surface area contributed by atoms with Crippen LogP contribution in [0.25, 0.3) is 0 Å². The lowest BCUT2D eigenvalue weighted by atomic mass is 9.90. The highest BCUT2D eigenvalue weighted by Gasteiger charge is 2.26. The van der Waals surface area contributed by atoms with E-state index in [0.717, 1.165) is 25.6 Å². The van der Waals surface area contributed by atoms with Crippen molar-refractivity contribution < 1.29 is 0 Å². The van der Waals surface area contributed by atoms with Crippen LogP contribution in [0.4, 0.5) is 0 Å². The van der Waals surface area contributed by atoms with Crippen molar-refractivity contribution in [1.29, 1.82) is 0 Å². The minimum atomic E-state index is 0.537. The predicted molar refractivity (Wildman–Crippen MR) is 62.4 cm³/mol. The molecule has 0 radical (unpaired) electrons. The zero-order valence-electron chi connectivity index (χ0n) is 9.17. The summed E-state index contributed by atoms with van der Waals surface area (Å²) in [6.07, 6.45) is 2.59. The first-order chi connectivity index (χ1) is 6.69. The molecule has 0 aromatic carbocycles. The molecule has 1 rings (SSSR count). The van der Waals surface area contributed by atoms with Gasteiger partial charge in [0, 0.05) is 24.7 Å². The average Bonchev–Trinajstić information content (AvgIpc) is 2.18. The third kappa shape index (κ3) is 2.97. The molecule has 0 saturated carbocycles. The first-order valence-electron chi connectivity index (χ1n) is 5.39. The number of nitrogens with two attached hydrogens (primary N) is 1. The molecule has 0 bridgehead atoms. The second-order valence-corrected chi connectivity index (χ2v) is 4.57. The van der Waals surface area contributed by atoms with Crippen molar-refractivity contribution in [3.63, 3.8) is 0 Å². The molecular formula is C11H21ClN2. The minimum Gasteiger partial charge on any atom is -0.329 e. The van der Waals surface area contributed by atoms with Gasteiger partial charge in [-0.05, 0) is 37.8 Å². The molecule has 0 spiro atoms. The Morgan fingerprint density at radius 1 is 1.64 bits per heavy atom. The molecular weight excluding hydrogens is 196 g/mol. The first-order valence-corrected chi connectivity index (χ1v) is 5.82. The van der Waals surface area contributed by atoms with Crippen molar-refractivity contribution in [2.24, 2.45) is 11.7 Å². The van der Waals surface area contributed by atoms with Gasteiger partial charge in [-0.2, -0.15) is 0 Å². The Morgan fingerprint density at radius 3 is 2.93 bits per heavy atom. The van der Waals surface area contributed by atoms with Crippen LogP contribution in [0, 0.1) is 5.92 Å². The summed E-state index contributed by atoms with van der Waals surface area (Å²) in [6, 6.07) is 0.537. The van der Waals surface area contributed by atoms with Gasteiger partial charge >= 0.3 is 0 Å². The van der Waals surface area contributed by atoms with Crippen LogP contribution in [0.15, 0.2) is 11.1 Å². The highest BCUT2D eigenvalue weighted by molar-refractivity contribution is 6.25. The van der Waals surface area contributed by atoms with Gasteiger partial charge in [0.15, 0.2) is 0 Å². The van der Waals surface area contributed by atoms with Gasteiger partial charge in [-0.1, -0.05) is 18.5 Å². The molecule has 2 N–H and O–H groups in total. The Kier molecular flexibility index (Phi) is 4.93. The standard InChI is InChI=1S/C11H21ClN2/c1-9(6-12)8-14-5-3-4-10(2)11(14)7-13/h6,10-11H,3-5,7-8,13H2,1-2H3/b9-6+. The lowest BCUT2D eigenvalue weighted by molar-refractivity contribution is 0.117. The summed E-state index contributed by atoms with van der Waals surface area (Å²) < 4.78 is 0. The Balaban J connectivity index is 2.56.